The van der Waals surface area contributed by atoms with E-state index >= 15 is 0 Å². The molecule has 0 spiro atoms. The number of aliphatic hydroxyl groups excluding tert-OH is 1. The smallest absolute Gasteiger partial charge is 0.251 e. The Hall–Kier alpha value is -3.88. The number of hydrogen-bond donors (Lipinski definition) is 1. The van der Waals surface area contributed by atoms with Crippen molar-refractivity contribution < 1.29 is 9.50 Å². The van der Waals surface area contributed by atoms with E-state index in [0.717, 1.165) is 44.4 Å². The highest BCUT2D eigenvalue weighted by Gasteiger charge is 2.20. The topological polar surface area (TPSA) is 72.4 Å². The van der Waals surface area contributed by atoms with Crippen LogP contribution in [-0.2, 0) is 13.6 Å². The van der Waals surface area contributed by atoms with E-state index in [2.05, 4.69) is 39.2 Å². The van der Waals surface area contributed by atoms with Crippen molar-refractivity contribution in [1.82, 2.24) is 14.3 Å². The maximum Gasteiger partial charge on any atom is 0.251 e. The second-order valence-corrected chi connectivity index (χ2v) is 10.1. The number of aromatic nitrogens is 3. The summed E-state index contributed by atoms with van der Waals surface area (Å²) in [6.07, 6.45) is 3.64. The van der Waals surface area contributed by atoms with Gasteiger partial charge in [0.1, 0.15) is 5.82 Å². The lowest BCUT2D eigenvalue weighted by Crippen LogP contribution is -2.27. The summed E-state index contributed by atoms with van der Waals surface area (Å²) >= 11 is 3.28. The van der Waals surface area contributed by atoms with Crippen LogP contribution in [0.4, 0.5) is 4.39 Å². The highest BCUT2D eigenvalue weighted by Crippen LogP contribution is 2.30. The Morgan fingerprint density at radius 2 is 1.84 bits per heavy atom. The molecular weight excluding hydrogens is 535 g/mol. The molecule has 1 aliphatic rings. The first-order valence-electron chi connectivity index (χ1n) is 11.8. The minimum atomic E-state index is -0.699. The van der Waals surface area contributed by atoms with Gasteiger partial charge in [-0.25, -0.2) is 4.39 Å². The van der Waals surface area contributed by atoms with E-state index in [1.165, 1.54) is 16.7 Å². The van der Waals surface area contributed by atoms with E-state index in [1.807, 2.05) is 37.5 Å². The van der Waals surface area contributed by atoms with E-state index in [1.54, 1.807) is 23.0 Å². The zero-order valence-corrected chi connectivity index (χ0v) is 21.5. The van der Waals surface area contributed by atoms with Crippen molar-refractivity contribution in [2.75, 3.05) is 6.61 Å². The molecule has 0 radical (unpaired) electrons. The van der Waals surface area contributed by atoms with Crippen molar-refractivity contribution in [2.45, 2.75) is 12.6 Å². The Balaban J connectivity index is 1.35. The van der Waals surface area contributed by atoms with E-state index in [9.17, 15) is 14.3 Å². The molecule has 5 aromatic rings. The molecule has 1 aliphatic heterocycles. The molecule has 3 heterocycles. The Morgan fingerprint density at radius 3 is 2.62 bits per heavy atom. The average molecular weight is 557 g/mol. The number of aliphatic hydroxyl groups is 1. The minimum absolute atomic E-state index is 0.284. The van der Waals surface area contributed by atoms with Crippen LogP contribution in [0.2, 0.25) is 0 Å². The molecule has 0 unspecified atom stereocenters. The van der Waals surface area contributed by atoms with Crippen LogP contribution in [0.1, 0.15) is 28.3 Å². The molecule has 0 saturated carbocycles. The lowest BCUT2D eigenvalue weighted by atomic mass is 9.95. The Labute approximate surface area is 220 Å². The van der Waals surface area contributed by atoms with Crippen molar-refractivity contribution >= 4 is 32.5 Å². The Bertz CT molecular complexity index is 1750. The second kappa shape index (κ2) is 9.21. The normalized spacial score (nSPS) is 13.6. The molecule has 184 valence electrons. The van der Waals surface area contributed by atoms with E-state index < -0.39 is 11.9 Å². The summed E-state index contributed by atoms with van der Waals surface area (Å²) in [5, 5.41) is 15.5. The van der Waals surface area contributed by atoms with Crippen molar-refractivity contribution in [3.63, 3.8) is 0 Å². The first kappa shape index (κ1) is 23.5. The number of aliphatic imine (C=N–C) groups is 1. The second-order valence-electron chi connectivity index (χ2n) is 9.18. The first-order valence-corrected chi connectivity index (χ1v) is 12.6. The fraction of sp³-hybridized carbons (Fsp3) is 0.138. The molecule has 2 aromatic heterocycles. The predicted octanol–water partition coefficient (Wildman–Crippen LogP) is 5.24. The molecule has 0 saturated heterocycles. The van der Waals surface area contributed by atoms with Gasteiger partial charge in [-0.1, -0.05) is 34.1 Å². The maximum atomic E-state index is 14.0. The molecule has 3 aromatic carbocycles. The summed E-state index contributed by atoms with van der Waals surface area (Å²) in [4.78, 5) is 17.9. The lowest BCUT2D eigenvalue weighted by Gasteiger charge is -2.19. The van der Waals surface area contributed by atoms with Crippen LogP contribution in [-0.4, -0.2) is 31.8 Å². The molecule has 37 heavy (non-hydrogen) atoms. The van der Waals surface area contributed by atoms with Gasteiger partial charge in [0.05, 0.1) is 30.4 Å². The van der Waals surface area contributed by atoms with Crippen LogP contribution >= 0.6 is 15.9 Å². The maximum absolute atomic E-state index is 14.0. The number of hydrogen-bond acceptors (Lipinski definition) is 4. The van der Waals surface area contributed by atoms with Crippen LogP contribution in [0.5, 0.6) is 0 Å². The van der Waals surface area contributed by atoms with Gasteiger partial charge in [-0.3, -0.25) is 14.5 Å². The molecule has 6 nitrogen and oxygen atoms in total. The summed E-state index contributed by atoms with van der Waals surface area (Å²) in [6, 6.07) is 19.3. The standard InChI is InChI=1S/C29H22BrFN4O2/c1-34-15-22-8-19(4-5-26(22)33-34)29-25-11-17(2-3-20(25)14-32-29)18-6-7-35(28(37)12-18)27(16-36)21-9-23(30)13-24(31)10-21/h2-13,15,27,36H,14,16H2,1H3/t27-/m1/s1. The number of benzene rings is 3. The number of rotatable bonds is 5. The molecule has 8 heteroatoms. The fourth-order valence-electron chi connectivity index (χ4n) is 4.96. The summed E-state index contributed by atoms with van der Waals surface area (Å²) in [6.45, 7) is 0.272. The summed E-state index contributed by atoms with van der Waals surface area (Å²) in [7, 11) is 1.90. The first-order chi connectivity index (χ1) is 17.9. The fourth-order valence-corrected chi connectivity index (χ4v) is 5.44. The number of nitrogens with zero attached hydrogens (tertiary/aromatic N) is 4. The molecule has 1 atom stereocenters. The van der Waals surface area contributed by atoms with Crippen molar-refractivity contribution in [3.05, 3.63) is 122 Å². The highest BCUT2D eigenvalue weighted by molar-refractivity contribution is 9.10. The number of fused-ring (bicyclic) bond motifs is 2. The monoisotopic (exact) mass is 556 g/mol. The molecule has 6 rings (SSSR count). The van der Waals surface area contributed by atoms with Crippen LogP contribution in [0.3, 0.4) is 0 Å². The molecule has 0 amide bonds. The largest absolute Gasteiger partial charge is 0.394 e. The van der Waals surface area contributed by atoms with Crippen molar-refractivity contribution in [3.8, 4) is 11.1 Å². The highest BCUT2D eigenvalue weighted by atomic mass is 79.9. The number of pyridine rings is 1. The number of aryl methyl sites for hydroxylation is 1. The van der Waals surface area contributed by atoms with Gasteiger partial charge in [-0.15, -0.1) is 0 Å². The van der Waals surface area contributed by atoms with Gasteiger partial charge in [-0.05, 0) is 64.7 Å². The third-order valence-electron chi connectivity index (χ3n) is 6.72. The van der Waals surface area contributed by atoms with Gasteiger partial charge in [-0.2, -0.15) is 5.10 Å². The lowest BCUT2D eigenvalue weighted by molar-refractivity contribution is 0.246. The van der Waals surface area contributed by atoms with E-state index in [4.69, 9.17) is 4.99 Å². The third-order valence-corrected chi connectivity index (χ3v) is 7.18. The van der Waals surface area contributed by atoms with Gasteiger partial charge in [0.2, 0.25) is 0 Å². The number of halogens is 2. The summed E-state index contributed by atoms with van der Waals surface area (Å²) in [5.74, 6) is -0.439. The third kappa shape index (κ3) is 4.32. The zero-order chi connectivity index (χ0) is 25.7. The van der Waals surface area contributed by atoms with E-state index in [0.29, 0.717) is 16.6 Å². The minimum Gasteiger partial charge on any atom is -0.394 e. The van der Waals surface area contributed by atoms with Gasteiger partial charge >= 0.3 is 0 Å². The van der Waals surface area contributed by atoms with Crippen LogP contribution in [0.25, 0.3) is 22.0 Å². The SMILES string of the molecule is Cn1cc2cc(C3=NCc4ccc(-c5ccn([C@H](CO)c6cc(F)cc(Br)c6)c(=O)c5)cc43)ccc2n1. The van der Waals surface area contributed by atoms with Gasteiger partial charge < -0.3 is 9.67 Å². The van der Waals surface area contributed by atoms with Gasteiger partial charge in [0.15, 0.2) is 0 Å². The average Bonchev–Trinajstić information content (AvgIpc) is 3.46. The van der Waals surface area contributed by atoms with E-state index in [-0.39, 0.29) is 12.2 Å². The molecule has 1 N–H and O–H groups in total. The Kier molecular flexibility index (Phi) is 5.85. The summed E-state index contributed by atoms with van der Waals surface area (Å²) < 4.78 is 17.7. The van der Waals surface area contributed by atoms with Crippen LogP contribution in [0.15, 0.2) is 93.4 Å². The predicted molar refractivity (Wildman–Crippen MR) is 146 cm³/mol. The molecule has 0 aliphatic carbocycles. The Morgan fingerprint density at radius 1 is 1.03 bits per heavy atom. The summed E-state index contributed by atoms with van der Waals surface area (Å²) in [5.41, 5.74) is 6.95. The zero-order valence-electron chi connectivity index (χ0n) is 19.9. The quantitative estimate of drug-likeness (QED) is 0.322. The van der Waals surface area contributed by atoms with Crippen molar-refractivity contribution in [2.24, 2.45) is 12.0 Å². The van der Waals surface area contributed by atoms with Crippen molar-refractivity contribution in [1.29, 1.82) is 0 Å². The van der Waals surface area contributed by atoms with Crippen LogP contribution < -0.4 is 5.56 Å². The van der Waals surface area contributed by atoms with Gasteiger partial charge in [0.25, 0.3) is 5.56 Å². The van der Waals surface area contributed by atoms with Gasteiger partial charge in [0, 0.05) is 46.5 Å². The molecular formula is C29H22BrFN4O2. The molecule has 0 bridgehead atoms. The molecule has 0 fully saturated rings. The van der Waals surface area contributed by atoms with Crippen LogP contribution in [0, 0.1) is 5.82 Å².